The fourth-order valence-corrected chi connectivity index (χ4v) is 0.851. The molecule has 0 saturated carbocycles. The Morgan fingerprint density at radius 2 is 2.06 bits per heavy atom. The van der Waals surface area contributed by atoms with Crippen molar-refractivity contribution in [1.82, 2.24) is 30.2 Å². The number of nitrogens with zero attached hydrogens (tertiary/aromatic N) is 7. The molecule has 2 aromatic heterocycles. The van der Waals surface area contributed by atoms with E-state index in [1.807, 2.05) is 5.10 Å². The lowest BCUT2D eigenvalue weighted by Crippen LogP contribution is -2.02. The minimum absolute atomic E-state index is 0.250. The van der Waals surface area contributed by atoms with Crippen molar-refractivity contribution in [3.05, 3.63) is 26.4 Å². The highest BCUT2D eigenvalue weighted by molar-refractivity contribution is 5.16. The van der Waals surface area contributed by atoms with Crippen LogP contribution in [0.2, 0.25) is 0 Å². The summed E-state index contributed by atoms with van der Waals surface area (Å²) in [5.41, 5.74) is 0. The molecule has 12 nitrogen and oxygen atoms in total. The Bertz CT molecular complexity index is 506. The lowest BCUT2D eigenvalue weighted by atomic mass is 10.8. The van der Waals surface area contributed by atoms with E-state index in [2.05, 4.69) is 20.3 Å². The number of hydrogen-bond acceptors (Lipinski definition) is 8. The van der Waals surface area contributed by atoms with E-state index in [1.165, 1.54) is 0 Å². The molecule has 1 N–H and O–H groups in total. The molecule has 0 saturated heterocycles. The molecule has 2 rings (SSSR count). The maximum Gasteiger partial charge on any atom is 0.455 e. The van der Waals surface area contributed by atoms with Gasteiger partial charge in [-0.05, 0) is 19.9 Å². The molecule has 0 amide bonds. The highest BCUT2D eigenvalue weighted by atomic mass is 16.6. The van der Waals surface area contributed by atoms with Gasteiger partial charge in [-0.2, -0.15) is 0 Å². The number of nitrogens with one attached hydrogen (secondary N) is 1. The van der Waals surface area contributed by atoms with Gasteiger partial charge in [-0.1, -0.05) is 0 Å². The molecule has 2 heterocycles. The van der Waals surface area contributed by atoms with Crippen LogP contribution in [0.5, 0.6) is 0 Å². The summed E-state index contributed by atoms with van der Waals surface area (Å²) >= 11 is 0. The van der Waals surface area contributed by atoms with Gasteiger partial charge in [-0.25, -0.2) is 0 Å². The molecule has 0 aromatic carbocycles. The van der Waals surface area contributed by atoms with Gasteiger partial charge in [-0.15, -0.1) is 10.2 Å². The third kappa shape index (κ3) is 1.54. The monoisotopic (exact) mass is 226 g/mol. The van der Waals surface area contributed by atoms with Crippen LogP contribution in [0.15, 0.2) is 6.20 Å². The first-order valence-electron chi connectivity index (χ1n) is 3.72. The lowest BCUT2D eigenvalue weighted by molar-refractivity contribution is -0.394. The zero-order valence-corrected chi connectivity index (χ0v) is 7.34. The maximum absolute atomic E-state index is 10.3. The van der Waals surface area contributed by atoms with Crippen molar-refractivity contribution in [3.8, 4) is 5.95 Å². The van der Waals surface area contributed by atoms with Crippen molar-refractivity contribution in [1.29, 1.82) is 0 Å². The van der Waals surface area contributed by atoms with Crippen LogP contribution in [-0.2, 0) is 0 Å². The molecule has 0 spiro atoms. The molecule has 0 fully saturated rings. The third-order valence-corrected chi connectivity index (χ3v) is 1.48. The van der Waals surface area contributed by atoms with Crippen LogP contribution in [0, 0.1) is 20.2 Å². The van der Waals surface area contributed by atoms with Crippen LogP contribution in [0.1, 0.15) is 0 Å². The van der Waals surface area contributed by atoms with Crippen molar-refractivity contribution < 1.29 is 9.85 Å². The summed E-state index contributed by atoms with van der Waals surface area (Å²) in [4.78, 5) is 23.1. The Morgan fingerprint density at radius 3 is 2.56 bits per heavy atom. The summed E-state index contributed by atoms with van der Waals surface area (Å²) < 4.78 is 0. The molecule has 0 bridgehead atoms. The Morgan fingerprint density at radius 1 is 1.31 bits per heavy atom. The zero-order valence-electron chi connectivity index (χ0n) is 7.34. The molecule has 0 aliphatic carbocycles. The van der Waals surface area contributed by atoms with E-state index in [4.69, 9.17) is 0 Å². The van der Waals surface area contributed by atoms with Gasteiger partial charge >= 0.3 is 17.7 Å². The van der Waals surface area contributed by atoms with Gasteiger partial charge in [0.05, 0.1) is 5.10 Å². The lowest BCUT2D eigenvalue weighted by Gasteiger charge is -1.83. The number of H-pyrrole nitrogens is 1. The van der Waals surface area contributed by atoms with Gasteiger partial charge < -0.3 is 20.2 Å². The Balaban J connectivity index is 2.35. The fraction of sp³-hybridized carbons (Fsp3) is 0. The highest BCUT2D eigenvalue weighted by Gasteiger charge is 2.22. The van der Waals surface area contributed by atoms with Crippen LogP contribution in [0.4, 0.5) is 11.8 Å². The molecule has 0 aliphatic rings. The van der Waals surface area contributed by atoms with E-state index in [9.17, 15) is 20.2 Å². The predicted molar refractivity (Wildman–Crippen MR) is 44.6 cm³/mol. The first kappa shape index (κ1) is 9.63. The van der Waals surface area contributed by atoms with Crippen LogP contribution < -0.4 is 0 Å². The van der Waals surface area contributed by atoms with E-state index >= 15 is 0 Å². The average molecular weight is 226 g/mol. The summed E-state index contributed by atoms with van der Waals surface area (Å²) in [6.45, 7) is 0. The minimum atomic E-state index is -0.797. The molecule has 16 heavy (non-hydrogen) atoms. The van der Waals surface area contributed by atoms with E-state index in [1.54, 1.807) is 0 Å². The number of rotatable bonds is 3. The summed E-state index contributed by atoms with van der Waals surface area (Å²) in [6, 6.07) is 0. The van der Waals surface area contributed by atoms with Crippen molar-refractivity contribution in [2.24, 2.45) is 0 Å². The second-order valence-electron chi connectivity index (χ2n) is 2.47. The second-order valence-corrected chi connectivity index (χ2v) is 2.47. The molecule has 0 unspecified atom stereocenters. The Labute approximate surface area is 85.2 Å². The SMILES string of the molecule is O=[N+]([O-])c1cnn(-c2n[nH]c([N+](=O)[O-])n2)n1. The van der Waals surface area contributed by atoms with E-state index in [0.29, 0.717) is 4.80 Å². The van der Waals surface area contributed by atoms with Gasteiger partial charge in [0, 0.05) is 4.80 Å². The predicted octanol–water partition coefficient (Wildman–Crippen LogP) is -0.798. The largest absolute Gasteiger partial charge is 0.455 e. The molecule has 12 heteroatoms. The molecule has 2 aromatic rings. The Kier molecular flexibility index (Phi) is 2.01. The van der Waals surface area contributed by atoms with Crippen LogP contribution in [0.25, 0.3) is 5.95 Å². The zero-order chi connectivity index (χ0) is 11.7. The maximum atomic E-state index is 10.3. The molecule has 82 valence electrons. The number of nitro groups is 2. The number of aromatic nitrogens is 6. The minimum Gasteiger partial charge on any atom is -0.390 e. The van der Waals surface area contributed by atoms with Crippen LogP contribution >= 0.6 is 0 Å². The summed E-state index contributed by atoms with van der Waals surface area (Å²) in [6.07, 6.45) is 0.877. The van der Waals surface area contributed by atoms with Crippen molar-refractivity contribution in [2.45, 2.75) is 0 Å². The van der Waals surface area contributed by atoms with Crippen LogP contribution in [-0.4, -0.2) is 40.0 Å². The summed E-state index contributed by atoms with van der Waals surface area (Å²) in [7, 11) is 0. The number of aromatic amines is 1. The quantitative estimate of drug-likeness (QED) is 0.525. The van der Waals surface area contributed by atoms with E-state index in [-0.39, 0.29) is 5.95 Å². The van der Waals surface area contributed by atoms with Crippen molar-refractivity contribution in [3.63, 3.8) is 0 Å². The molecule has 0 atom stereocenters. The standard InChI is InChI=1S/C4H2N8O4/c13-11(14)2-1-5-10(9-2)3-6-4(8-7-3)12(15)16/h1H,(H,6,7,8). The van der Waals surface area contributed by atoms with E-state index < -0.39 is 21.6 Å². The van der Waals surface area contributed by atoms with Gasteiger partial charge in [0.15, 0.2) is 6.20 Å². The topological polar surface area (TPSA) is 159 Å². The second kappa shape index (κ2) is 3.34. The van der Waals surface area contributed by atoms with Gasteiger partial charge in [-0.3, -0.25) is 0 Å². The van der Waals surface area contributed by atoms with Gasteiger partial charge in [0.1, 0.15) is 0 Å². The average Bonchev–Trinajstić information content (AvgIpc) is 2.86. The fourth-order valence-electron chi connectivity index (χ4n) is 0.851. The van der Waals surface area contributed by atoms with Crippen LogP contribution in [0.3, 0.4) is 0 Å². The van der Waals surface area contributed by atoms with Gasteiger partial charge in [0.2, 0.25) is 0 Å². The summed E-state index contributed by atoms with van der Waals surface area (Å²) in [5.74, 6) is -1.36. The number of hydrogen-bond donors (Lipinski definition) is 1. The normalized spacial score (nSPS) is 10.2. The molecular weight excluding hydrogens is 224 g/mol. The summed E-state index contributed by atoms with van der Waals surface area (Å²) in [5, 5.41) is 32.9. The highest BCUT2D eigenvalue weighted by Crippen LogP contribution is 2.07. The smallest absolute Gasteiger partial charge is 0.390 e. The van der Waals surface area contributed by atoms with E-state index in [0.717, 1.165) is 6.20 Å². The molecular formula is C4H2N8O4. The first-order valence-corrected chi connectivity index (χ1v) is 3.72. The Hall–Kier alpha value is -2.92. The third-order valence-electron chi connectivity index (χ3n) is 1.48. The van der Waals surface area contributed by atoms with Gasteiger partial charge in [0.25, 0.3) is 0 Å². The molecule has 0 aliphatic heterocycles. The van der Waals surface area contributed by atoms with Crippen molar-refractivity contribution >= 4 is 11.8 Å². The first-order chi connectivity index (χ1) is 7.58. The van der Waals surface area contributed by atoms with Crippen molar-refractivity contribution in [2.75, 3.05) is 0 Å². The molecule has 0 radical (unpaired) electrons.